The number of hydrogen-bond acceptors (Lipinski definition) is 5. The van der Waals surface area contributed by atoms with Crippen LogP contribution in [0, 0.1) is 0 Å². The summed E-state index contributed by atoms with van der Waals surface area (Å²) in [5, 5.41) is 0. The molecule has 0 aliphatic heterocycles. The third-order valence-electron chi connectivity index (χ3n) is 2.02. The maximum Gasteiger partial charge on any atom is 0.122 e. The lowest BCUT2D eigenvalue weighted by atomic mass is 10.2. The van der Waals surface area contributed by atoms with Crippen LogP contribution in [0.4, 0.5) is 0 Å². The summed E-state index contributed by atoms with van der Waals surface area (Å²) in [4.78, 5) is 8.54. The van der Waals surface area contributed by atoms with Gasteiger partial charge in [-0.3, -0.25) is 9.97 Å². The molecular formula is C8H2Br2N4S. The van der Waals surface area contributed by atoms with Crippen LogP contribution in [0.15, 0.2) is 21.3 Å². The molecule has 2 heterocycles. The van der Waals surface area contributed by atoms with Crippen LogP contribution in [0.25, 0.3) is 22.1 Å². The van der Waals surface area contributed by atoms with Crippen molar-refractivity contribution in [3.8, 4) is 0 Å². The Morgan fingerprint density at radius 1 is 0.800 bits per heavy atom. The number of halogens is 2. The summed E-state index contributed by atoms with van der Waals surface area (Å²) in [6.45, 7) is 0. The SMILES string of the molecule is Brc1c2nccnc2c(Br)c2nsnc12. The standard InChI is InChI=1S/C8H2Br2N4S/c9-3-5-6(12-2-1-11-5)4(10)8-7(3)13-15-14-8/h1-2H. The Kier molecular flexibility index (Phi) is 2.18. The van der Waals surface area contributed by atoms with Gasteiger partial charge in [-0.25, -0.2) is 0 Å². The van der Waals surface area contributed by atoms with E-state index in [2.05, 4.69) is 50.6 Å². The summed E-state index contributed by atoms with van der Waals surface area (Å²) in [6, 6.07) is 0. The Morgan fingerprint density at radius 3 is 1.73 bits per heavy atom. The van der Waals surface area contributed by atoms with Crippen LogP contribution in [-0.2, 0) is 0 Å². The second-order valence-corrected chi connectivity index (χ2v) is 4.96. The zero-order valence-corrected chi connectivity index (χ0v) is 11.1. The van der Waals surface area contributed by atoms with Crippen LogP contribution < -0.4 is 0 Å². The molecule has 2 aromatic heterocycles. The first-order valence-electron chi connectivity index (χ1n) is 3.99. The highest BCUT2D eigenvalue weighted by atomic mass is 79.9. The molecule has 0 N–H and O–H groups in total. The van der Waals surface area contributed by atoms with Gasteiger partial charge in [-0.2, -0.15) is 8.75 Å². The fourth-order valence-corrected chi connectivity index (χ4v) is 3.29. The molecule has 4 nitrogen and oxygen atoms in total. The van der Waals surface area contributed by atoms with Crippen molar-refractivity contribution in [1.82, 2.24) is 18.7 Å². The minimum absolute atomic E-state index is 0.796. The molecule has 3 rings (SSSR count). The fourth-order valence-electron chi connectivity index (χ4n) is 1.36. The maximum atomic E-state index is 4.27. The van der Waals surface area contributed by atoms with E-state index >= 15 is 0 Å². The smallest absolute Gasteiger partial charge is 0.122 e. The first-order chi connectivity index (χ1) is 7.29. The molecule has 0 fully saturated rings. The summed E-state index contributed by atoms with van der Waals surface area (Å²) >= 11 is 8.13. The summed E-state index contributed by atoms with van der Waals surface area (Å²) in [6.07, 6.45) is 3.32. The van der Waals surface area contributed by atoms with Gasteiger partial charge >= 0.3 is 0 Å². The number of hydrogen-bond donors (Lipinski definition) is 0. The van der Waals surface area contributed by atoms with Crippen molar-refractivity contribution in [2.24, 2.45) is 0 Å². The molecule has 1 aromatic carbocycles. The quantitative estimate of drug-likeness (QED) is 0.628. The highest BCUT2D eigenvalue weighted by Gasteiger charge is 2.15. The zero-order chi connectivity index (χ0) is 10.4. The normalized spacial score (nSPS) is 11.3. The summed E-state index contributed by atoms with van der Waals surface area (Å²) in [5.41, 5.74) is 3.23. The lowest BCUT2D eigenvalue weighted by Gasteiger charge is -2.01. The van der Waals surface area contributed by atoms with Crippen LogP contribution in [-0.4, -0.2) is 18.7 Å². The molecule has 0 aliphatic carbocycles. The van der Waals surface area contributed by atoms with Crippen LogP contribution in [0.1, 0.15) is 0 Å². The van der Waals surface area contributed by atoms with Crippen LogP contribution >= 0.6 is 43.6 Å². The van der Waals surface area contributed by atoms with Crippen molar-refractivity contribution in [2.75, 3.05) is 0 Å². The van der Waals surface area contributed by atoms with Crippen LogP contribution in [0.5, 0.6) is 0 Å². The van der Waals surface area contributed by atoms with Crippen molar-refractivity contribution in [2.45, 2.75) is 0 Å². The second-order valence-electron chi connectivity index (χ2n) is 2.84. The molecule has 0 atom stereocenters. The van der Waals surface area contributed by atoms with E-state index in [4.69, 9.17) is 0 Å². The average Bonchev–Trinajstić information content (AvgIpc) is 2.75. The lowest BCUT2D eigenvalue weighted by Crippen LogP contribution is -1.87. The Bertz CT molecular complexity index is 611. The van der Waals surface area contributed by atoms with Gasteiger partial charge in [0.2, 0.25) is 0 Å². The van der Waals surface area contributed by atoms with Crippen molar-refractivity contribution < 1.29 is 0 Å². The number of rotatable bonds is 0. The van der Waals surface area contributed by atoms with Gasteiger partial charge in [-0.05, 0) is 31.9 Å². The van der Waals surface area contributed by atoms with E-state index in [-0.39, 0.29) is 0 Å². The number of aromatic nitrogens is 4. The van der Waals surface area contributed by atoms with Gasteiger partial charge in [0.25, 0.3) is 0 Å². The summed E-state index contributed by atoms with van der Waals surface area (Å²) in [7, 11) is 0. The van der Waals surface area contributed by atoms with Crippen molar-refractivity contribution in [3.05, 3.63) is 21.3 Å². The molecule has 74 valence electrons. The largest absolute Gasteiger partial charge is 0.252 e. The van der Waals surface area contributed by atoms with Gasteiger partial charge < -0.3 is 0 Å². The molecule has 3 aromatic rings. The molecular weight excluding hydrogens is 344 g/mol. The van der Waals surface area contributed by atoms with E-state index in [0.29, 0.717) is 0 Å². The minimum atomic E-state index is 0.796. The van der Waals surface area contributed by atoms with E-state index in [9.17, 15) is 0 Å². The molecule has 15 heavy (non-hydrogen) atoms. The minimum Gasteiger partial charge on any atom is -0.252 e. The van der Waals surface area contributed by atoms with Crippen molar-refractivity contribution in [3.63, 3.8) is 0 Å². The average molecular weight is 346 g/mol. The van der Waals surface area contributed by atoms with Gasteiger partial charge in [-0.1, -0.05) is 0 Å². The van der Waals surface area contributed by atoms with Crippen molar-refractivity contribution >= 4 is 65.7 Å². The van der Waals surface area contributed by atoms with E-state index in [1.165, 1.54) is 11.7 Å². The predicted molar refractivity (Wildman–Crippen MR) is 65.9 cm³/mol. The molecule has 7 heteroatoms. The first kappa shape index (κ1) is 9.56. The molecule has 0 saturated heterocycles. The van der Waals surface area contributed by atoms with Crippen LogP contribution in [0.3, 0.4) is 0 Å². The van der Waals surface area contributed by atoms with Crippen LogP contribution in [0.2, 0.25) is 0 Å². The monoisotopic (exact) mass is 344 g/mol. The van der Waals surface area contributed by atoms with E-state index in [1.54, 1.807) is 12.4 Å². The molecule has 0 bridgehead atoms. The van der Waals surface area contributed by atoms with Crippen molar-refractivity contribution in [1.29, 1.82) is 0 Å². The topological polar surface area (TPSA) is 51.6 Å². The van der Waals surface area contributed by atoms with E-state index < -0.39 is 0 Å². The predicted octanol–water partition coefficient (Wildman–Crippen LogP) is 3.16. The lowest BCUT2D eigenvalue weighted by molar-refractivity contribution is 1.29. The van der Waals surface area contributed by atoms with E-state index in [0.717, 1.165) is 31.0 Å². The Labute approximate surface area is 105 Å². The first-order valence-corrected chi connectivity index (χ1v) is 6.30. The van der Waals surface area contributed by atoms with Gasteiger partial charge in [-0.15, -0.1) is 0 Å². The van der Waals surface area contributed by atoms with Gasteiger partial charge in [0.1, 0.15) is 22.1 Å². The van der Waals surface area contributed by atoms with E-state index in [1.807, 2.05) is 0 Å². The Balaban J connectivity index is 2.69. The summed E-state index contributed by atoms with van der Waals surface area (Å²) < 4.78 is 10.1. The number of fused-ring (bicyclic) bond motifs is 2. The summed E-state index contributed by atoms with van der Waals surface area (Å²) in [5.74, 6) is 0. The molecule has 0 aliphatic rings. The second kappa shape index (κ2) is 3.43. The zero-order valence-electron chi connectivity index (χ0n) is 7.11. The Morgan fingerprint density at radius 2 is 1.27 bits per heavy atom. The maximum absolute atomic E-state index is 4.27. The Hall–Kier alpha value is -0.660. The molecule has 0 saturated carbocycles. The van der Waals surface area contributed by atoms with Gasteiger partial charge in [0, 0.05) is 12.4 Å². The molecule has 0 unspecified atom stereocenters. The highest BCUT2D eigenvalue weighted by Crippen LogP contribution is 2.35. The van der Waals surface area contributed by atoms with Gasteiger partial charge in [0.05, 0.1) is 20.7 Å². The molecule has 0 amide bonds. The molecule has 0 spiro atoms. The number of nitrogens with zero attached hydrogens (tertiary/aromatic N) is 4. The third-order valence-corrected chi connectivity index (χ3v) is 4.05. The molecule has 0 radical (unpaired) electrons. The third kappa shape index (κ3) is 1.30. The van der Waals surface area contributed by atoms with Gasteiger partial charge in [0.15, 0.2) is 0 Å². The highest BCUT2D eigenvalue weighted by molar-refractivity contribution is 9.11. The number of benzene rings is 1. The fraction of sp³-hybridized carbons (Fsp3) is 0.